The highest BCUT2D eigenvalue weighted by Gasteiger charge is 2.36. The largest absolute Gasteiger partial charge is 0.336 e. The third-order valence-corrected chi connectivity index (χ3v) is 6.15. The lowest BCUT2D eigenvalue weighted by atomic mass is 9.95. The molecule has 0 spiro atoms. The fourth-order valence-corrected chi connectivity index (χ4v) is 4.36. The van der Waals surface area contributed by atoms with Crippen molar-refractivity contribution in [1.29, 1.82) is 0 Å². The van der Waals surface area contributed by atoms with Crippen LogP contribution in [0.15, 0.2) is 40.9 Å². The van der Waals surface area contributed by atoms with Gasteiger partial charge in [0.15, 0.2) is 0 Å². The van der Waals surface area contributed by atoms with Gasteiger partial charge < -0.3 is 15.2 Å². The summed E-state index contributed by atoms with van der Waals surface area (Å²) in [6, 6.07) is 12.1. The lowest BCUT2D eigenvalue weighted by Gasteiger charge is -2.18. The molecule has 2 aliphatic rings. The maximum absolute atomic E-state index is 13.6. The number of pyridine rings is 1. The van der Waals surface area contributed by atoms with Gasteiger partial charge in [-0.15, -0.1) is 0 Å². The summed E-state index contributed by atoms with van der Waals surface area (Å²) in [5.41, 5.74) is 10.5. The van der Waals surface area contributed by atoms with Crippen LogP contribution in [0.3, 0.4) is 0 Å². The quantitative estimate of drug-likeness (QED) is 0.732. The Morgan fingerprint density at radius 2 is 1.97 bits per heavy atom. The van der Waals surface area contributed by atoms with Crippen LogP contribution in [0.5, 0.6) is 0 Å². The van der Waals surface area contributed by atoms with Gasteiger partial charge in [0.25, 0.3) is 11.6 Å². The first-order chi connectivity index (χ1) is 14.0. The minimum atomic E-state index is -0.0753. The van der Waals surface area contributed by atoms with E-state index in [9.17, 15) is 4.79 Å². The Hall–Kier alpha value is -2.73. The Bertz CT molecular complexity index is 1060. The number of fused-ring (bicyclic) bond motifs is 1. The van der Waals surface area contributed by atoms with Crippen molar-refractivity contribution in [2.45, 2.75) is 50.5 Å². The van der Waals surface area contributed by atoms with Gasteiger partial charge in [0, 0.05) is 36.7 Å². The standard InChI is InChI=1S/C23H26N4O2/c1-13(2)21-20-16(10-19(15-8-9-15)25-22(20)29-26-21)23(28)27-11-17(18(24)12-27)14-6-4-3-5-7-14/h3-7,10,13,15,17-18H,8-9,11-12,24H2,1-2H3/t17-,18+/m0/s1. The Morgan fingerprint density at radius 1 is 1.21 bits per heavy atom. The third kappa shape index (κ3) is 3.21. The zero-order valence-electron chi connectivity index (χ0n) is 16.8. The number of nitrogens with zero attached hydrogens (tertiary/aromatic N) is 3. The minimum absolute atomic E-state index is 0.00159. The first-order valence-electron chi connectivity index (χ1n) is 10.4. The minimum Gasteiger partial charge on any atom is -0.336 e. The fraction of sp³-hybridized carbons (Fsp3) is 0.435. The molecule has 1 amide bonds. The van der Waals surface area contributed by atoms with Gasteiger partial charge in [0.1, 0.15) is 0 Å². The molecular weight excluding hydrogens is 364 g/mol. The van der Waals surface area contributed by atoms with Crippen molar-refractivity contribution >= 4 is 17.0 Å². The van der Waals surface area contributed by atoms with Gasteiger partial charge in [-0.3, -0.25) is 4.79 Å². The van der Waals surface area contributed by atoms with Crippen molar-refractivity contribution in [3.05, 3.63) is 58.9 Å². The van der Waals surface area contributed by atoms with Crippen LogP contribution in [0.2, 0.25) is 0 Å². The van der Waals surface area contributed by atoms with E-state index in [0.29, 0.717) is 30.3 Å². The molecule has 1 aromatic carbocycles. The van der Waals surface area contributed by atoms with Crippen LogP contribution in [-0.2, 0) is 0 Å². The number of carbonyl (C=O) groups is 1. The van der Waals surface area contributed by atoms with Crippen LogP contribution in [0, 0.1) is 0 Å². The van der Waals surface area contributed by atoms with E-state index >= 15 is 0 Å². The second-order valence-corrected chi connectivity index (χ2v) is 8.66. The van der Waals surface area contributed by atoms with E-state index in [1.165, 1.54) is 5.56 Å². The van der Waals surface area contributed by atoms with Gasteiger partial charge in [0.2, 0.25) is 0 Å². The smallest absolute Gasteiger partial charge is 0.259 e. The molecule has 2 atom stereocenters. The number of likely N-dealkylation sites (tertiary alicyclic amines) is 1. The molecule has 2 N–H and O–H groups in total. The lowest BCUT2D eigenvalue weighted by Crippen LogP contribution is -2.32. The predicted molar refractivity (Wildman–Crippen MR) is 111 cm³/mol. The summed E-state index contributed by atoms with van der Waals surface area (Å²) >= 11 is 0. The lowest BCUT2D eigenvalue weighted by molar-refractivity contribution is 0.0791. The van der Waals surface area contributed by atoms with E-state index in [0.717, 1.165) is 29.6 Å². The van der Waals surface area contributed by atoms with Crippen LogP contribution >= 0.6 is 0 Å². The van der Waals surface area contributed by atoms with Gasteiger partial charge in [-0.1, -0.05) is 49.3 Å². The maximum Gasteiger partial charge on any atom is 0.259 e. The summed E-state index contributed by atoms with van der Waals surface area (Å²) in [6.07, 6.45) is 2.23. The molecule has 29 heavy (non-hydrogen) atoms. The fourth-order valence-electron chi connectivity index (χ4n) is 4.36. The number of hydrogen-bond donors (Lipinski definition) is 1. The molecule has 0 unspecified atom stereocenters. The number of amides is 1. The van der Waals surface area contributed by atoms with Crippen molar-refractivity contribution in [2.75, 3.05) is 13.1 Å². The molecule has 3 heterocycles. The van der Waals surface area contributed by atoms with Crippen LogP contribution in [0.4, 0.5) is 0 Å². The molecule has 2 aromatic heterocycles. The van der Waals surface area contributed by atoms with Crippen molar-refractivity contribution in [3.63, 3.8) is 0 Å². The Morgan fingerprint density at radius 3 is 2.66 bits per heavy atom. The number of rotatable bonds is 4. The SMILES string of the molecule is CC(C)c1noc2nc(C3CC3)cc(C(=O)N3C[C@@H](N)[C@H](c4ccccc4)C3)c12. The molecule has 6 heteroatoms. The second-order valence-electron chi connectivity index (χ2n) is 8.66. The van der Waals surface area contributed by atoms with E-state index in [4.69, 9.17) is 10.3 Å². The van der Waals surface area contributed by atoms with Crippen molar-refractivity contribution in [3.8, 4) is 0 Å². The van der Waals surface area contributed by atoms with Crippen LogP contribution in [0.25, 0.3) is 11.1 Å². The Labute approximate surface area is 170 Å². The zero-order valence-corrected chi connectivity index (χ0v) is 16.8. The van der Waals surface area contributed by atoms with E-state index < -0.39 is 0 Å². The summed E-state index contributed by atoms with van der Waals surface area (Å²) in [5, 5.41) is 4.99. The van der Waals surface area contributed by atoms with E-state index in [1.807, 2.05) is 29.2 Å². The zero-order chi connectivity index (χ0) is 20.1. The maximum atomic E-state index is 13.6. The molecule has 5 rings (SSSR count). The highest BCUT2D eigenvalue weighted by Crippen LogP contribution is 2.41. The molecule has 1 saturated carbocycles. The van der Waals surface area contributed by atoms with Gasteiger partial charge >= 0.3 is 0 Å². The molecule has 0 bridgehead atoms. The molecule has 1 saturated heterocycles. The van der Waals surface area contributed by atoms with Crippen molar-refractivity contribution in [1.82, 2.24) is 15.0 Å². The average Bonchev–Trinajstić information content (AvgIpc) is 3.37. The highest BCUT2D eigenvalue weighted by atomic mass is 16.5. The molecule has 3 aromatic rings. The monoisotopic (exact) mass is 390 g/mol. The van der Waals surface area contributed by atoms with Crippen LogP contribution in [-0.4, -0.2) is 40.1 Å². The number of hydrogen-bond acceptors (Lipinski definition) is 5. The molecule has 0 radical (unpaired) electrons. The van der Waals surface area contributed by atoms with Crippen molar-refractivity contribution < 1.29 is 9.32 Å². The molecule has 1 aliphatic heterocycles. The second kappa shape index (κ2) is 6.95. The number of benzene rings is 1. The molecule has 2 fully saturated rings. The summed E-state index contributed by atoms with van der Waals surface area (Å²) in [5.74, 6) is 0.719. The van der Waals surface area contributed by atoms with E-state index in [-0.39, 0.29) is 23.8 Å². The molecule has 6 nitrogen and oxygen atoms in total. The van der Waals surface area contributed by atoms with Gasteiger partial charge in [-0.25, -0.2) is 4.98 Å². The van der Waals surface area contributed by atoms with Gasteiger partial charge in [0.05, 0.1) is 16.6 Å². The van der Waals surface area contributed by atoms with Crippen molar-refractivity contribution in [2.24, 2.45) is 5.73 Å². The summed E-state index contributed by atoms with van der Waals surface area (Å²) in [7, 11) is 0. The summed E-state index contributed by atoms with van der Waals surface area (Å²) < 4.78 is 5.54. The Balaban J connectivity index is 1.53. The van der Waals surface area contributed by atoms with Crippen LogP contribution < -0.4 is 5.73 Å². The van der Waals surface area contributed by atoms with E-state index in [2.05, 4.69) is 36.1 Å². The predicted octanol–water partition coefficient (Wildman–Crippen LogP) is 3.79. The summed E-state index contributed by atoms with van der Waals surface area (Å²) in [4.78, 5) is 20.2. The molecule has 1 aliphatic carbocycles. The third-order valence-electron chi connectivity index (χ3n) is 6.15. The van der Waals surface area contributed by atoms with Gasteiger partial charge in [-0.2, -0.15) is 0 Å². The number of aromatic nitrogens is 2. The molecule has 150 valence electrons. The summed E-state index contributed by atoms with van der Waals surface area (Å²) in [6.45, 7) is 5.27. The number of carbonyl (C=O) groups excluding carboxylic acids is 1. The Kier molecular flexibility index (Phi) is 4.39. The molecular formula is C23H26N4O2. The number of nitrogens with two attached hydrogens (primary N) is 1. The normalized spacial score (nSPS) is 22.0. The van der Waals surface area contributed by atoms with Gasteiger partial charge in [-0.05, 0) is 30.4 Å². The first kappa shape index (κ1) is 18.3. The highest BCUT2D eigenvalue weighted by molar-refractivity contribution is 6.06. The average molecular weight is 390 g/mol. The van der Waals surface area contributed by atoms with E-state index in [1.54, 1.807) is 0 Å². The van der Waals surface area contributed by atoms with Crippen LogP contribution in [0.1, 0.15) is 71.8 Å². The topological polar surface area (TPSA) is 85.2 Å². The first-order valence-corrected chi connectivity index (χ1v) is 10.4.